The standard InChI is InChI=1S/C20H26N8/c1-20(2,3)19-24-23-16-8-9-17(25-28(16)19)27-10-13(11-27)26(4)18-14-6-5-7-15(14)21-12-22-18/h8-9,12-13H,5-7,10-11H2,1-4H3. The van der Waals surface area contributed by atoms with E-state index in [4.69, 9.17) is 5.10 Å². The molecule has 3 aromatic rings. The Bertz CT molecular complexity index is 1030. The zero-order chi connectivity index (χ0) is 19.5. The first kappa shape index (κ1) is 17.3. The van der Waals surface area contributed by atoms with Crippen molar-refractivity contribution in [3.05, 3.63) is 35.5 Å². The Labute approximate surface area is 164 Å². The molecular weight excluding hydrogens is 352 g/mol. The number of rotatable bonds is 3. The molecule has 0 saturated carbocycles. The van der Waals surface area contributed by atoms with E-state index in [1.54, 1.807) is 6.33 Å². The van der Waals surface area contributed by atoms with Crippen molar-refractivity contribution in [2.45, 2.75) is 51.5 Å². The maximum Gasteiger partial charge on any atom is 0.178 e. The summed E-state index contributed by atoms with van der Waals surface area (Å²) in [5.41, 5.74) is 3.25. The summed E-state index contributed by atoms with van der Waals surface area (Å²) in [6.07, 6.45) is 5.06. The monoisotopic (exact) mass is 378 g/mol. The minimum atomic E-state index is -0.101. The van der Waals surface area contributed by atoms with Crippen LogP contribution in [0.4, 0.5) is 11.6 Å². The molecule has 4 heterocycles. The quantitative estimate of drug-likeness (QED) is 0.690. The maximum atomic E-state index is 4.82. The van der Waals surface area contributed by atoms with Gasteiger partial charge in [-0.25, -0.2) is 9.97 Å². The number of likely N-dealkylation sites (N-methyl/N-ethyl adjacent to an activating group) is 1. The van der Waals surface area contributed by atoms with Gasteiger partial charge in [-0.1, -0.05) is 20.8 Å². The molecule has 1 saturated heterocycles. The van der Waals surface area contributed by atoms with Crippen LogP contribution < -0.4 is 9.80 Å². The zero-order valence-corrected chi connectivity index (χ0v) is 16.9. The van der Waals surface area contributed by atoms with Crippen molar-refractivity contribution < 1.29 is 0 Å². The molecule has 8 heteroatoms. The summed E-state index contributed by atoms with van der Waals surface area (Å²) in [4.78, 5) is 13.7. The number of aryl methyl sites for hydroxylation is 1. The predicted octanol–water partition coefficient (Wildman–Crippen LogP) is 2.03. The zero-order valence-electron chi connectivity index (χ0n) is 16.9. The van der Waals surface area contributed by atoms with E-state index < -0.39 is 0 Å². The highest BCUT2D eigenvalue weighted by Crippen LogP contribution is 2.31. The van der Waals surface area contributed by atoms with Gasteiger partial charge in [-0.3, -0.25) is 0 Å². The van der Waals surface area contributed by atoms with Crippen LogP contribution >= 0.6 is 0 Å². The van der Waals surface area contributed by atoms with Crippen LogP contribution in [0, 0.1) is 0 Å². The van der Waals surface area contributed by atoms with Crippen molar-refractivity contribution >= 4 is 17.3 Å². The van der Waals surface area contributed by atoms with Gasteiger partial charge in [0.05, 0.1) is 6.04 Å². The number of fused-ring (bicyclic) bond motifs is 2. The second kappa shape index (κ2) is 6.12. The van der Waals surface area contributed by atoms with Crippen LogP contribution in [0.5, 0.6) is 0 Å². The highest BCUT2D eigenvalue weighted by molar-refractivity contribution is 5.54. The summed E-state index contributed by atoms with van der Waals surface area (Å²) in [5, 5.41) is 13.4. The van der Waals surface area contributed by atoms with Gasteiger partial charge in [0.25, 0.3) is 0 Å². The minimum absolute atomic E-state index is 0.101. The second-order valence-electron chi connectivity index (χ2n) is 8.88. The smallest absolute Gasteiger partial charge is 0.178 e. The van der Waals surface area contributed by atoms with Crippen LogP contribution in [-0.4, -0.2) is 56.0 Å². The van der Waals surface area contributed by atoms with Crippen LogP contribution in [0.25, 0.3) is 5.65 Å². The molecule has 0 unspecified atom stereocenters. The average Bonchev–Trinajstić information content (AvgIpc) is 3.25. The molecule has 0 aromatic carbocycles. The Morgan fingerprint density at radius 1 is 1.07 bits per heavy atom. The maximum absolute atomic E-state index is 4.82. The van der Waals surface area contributed by atoms with Crippen molar-refractivity contribution in [3.8, 4) is 0 Å². The van der Waals surface area contributed by atoms with Gasteiger partial charge in [0.15, 0.2) is 11.5 Å². The molecule has 0 bridgehead atoms. The van der Waals surface area contributed by atoms with Gasteiger partial charge in [-0.15, -0.1) is 15.3 Å². The van der Waals surface area contributed by atoms with E-state index in [9.17, 15) is 0 Å². The van der Waals surface area contributed by atoms with E-state index in [0.29, 0.717) is 6.04 Å². The summed E-state index contributed by atoms with van der Waals surface area (Å²) >= 11 is 0. The van der Waals surface area contributed by atoms with E-state index in [1.807, 2.05) is 16.6 Å². The SMILES string of the molecule is CN(c1ncnc2c1CCC2)C1CN(c2ccc3nnc(C(C)(C)C)n3n2)C1. The lowest BCUT2D eigenvalue weighted by Crippen LogP contribution is -2.59. The molecule has 0 N–H and O–H groups in total. The Balaban J connectivity index is 1.35. The summed E-state index contributed by atoms with van der Waals surface area (Å²) in [6.45, 7) is 8.26. The van der Waals surface area contributed by atoms with Gasteiger partial charge in [-0.05, 0) is 31.4 Å². The molecule has 1 aliphatic heterocycles. The van der Waals surface area contributed by atoms with Gasteiger partial charge in [0.1, 0.15) is 18.0 Å². The highest BCUT2D eigenvalue weighted by Gasteiger charge is 2.34. The van der Waals surface area contributed by atoms with Crippen molar-refractivity contribution in [2.75, 3.05) is 29.9 Å². The Morgan fingerprint density at radius 3 is 2.68 bits per heavy atom. The normalized spacial score (nSPS) is 17.1. The van der Waals surface area contributed by atoms with Gasteiger partial charge in [0.2, 0.25) is 0 Å². The third-order valence-electron chi connectivity index (χ3n) is 5.84. The molecule has 0 amide bonds. The predicted molar refractivity (Wildman–Crippen MR) is 108 cm³/mol. The number of nitrogens with zero attached hydrogens (tertiary/aromatic N) is 8. The van der Waals surface area contributed by atoms with E-state index in [2.05, 4.69) is 57.8 Å². The molecular formula is C20H26N8. The van der Waals surface area contributed by atoms with Gasteiger partial charge >= 0.3 is 0 Å². The van der Waals surface area contributed by atoms with Crippen molar-refractivity contribution in [1.29, 1.82) is 0 Å². The minimum Gasteiger partial charge on any atom is -0.353 e. The molecule has 146 valence electrons. The topological polar surface area (TPSA) is 75.3 Å². The number of hydrogen-bond acceptors (Lipinski definition) is 7. The first-order valence-electron chi connectivity index (χ1n) is 9.95. The molecule has 2 aliphatic rings. The number of hydrogen-bond donors (Lipinski definition) is 0. The third kappa shape index (κ3) is 2.70. The van der Waals surface area contributed by atoms with Crippen LogP contribution in [0.2, 0.25) is 0 Å². The lowest BCUT2D eigenvalue weighted by molar-refractivity contribution is 0.482. The third-order valence-corrected chi connectivity index (χ3v) is 5.84. The molecule has 1 fully saturated rings. The molecule has 5 rings (SSSR count). The largest absolute Gasteiger partial charge is 0.353 e. The second-order valence-corrected chi connectivity index (χ2v) is 8.88. The molecule has 0 spiro atoms. The molecule has 0 radical (unpaired) electrons. The first-order chi connectivity index (χ1) is 13.4. The van der Waals surface area contributed by atoms with Crippen LogP contribution in [0.3, 0.4) is 0 Å². The van der Waals surface area contributed by atoms with E-state index in [-0.39, 0.29) is 5.41 Å². The van der Waals surface area contributed by atoms with Crippen LogP contribution in [0.1, 0.15) is 44.3 Å². The fourth-order valence-corrected chi connectivity index (χ4v) is 4.12. The van der Waals surface area contributed by atoms with Crippen LogP contribution in [0.15, 0.2) is 18.5 Å². The summed E-state index contributed by atoms with van der Waals surface area (Å²) < 4.78 is 1.88. The first-order valence-corrected chi connectivity index (χ1v) is 9.95. The van der Waals surface area contributed by atoms with Crippen LogP contribution in [-0.2, 0) is 18.3 Å². The average molecular weight is 378 g/mol. The fourth-order valence-electron chi connectivity index (χ4n) is 4.12. The molecule has 0 atom stereocenters. The summed E-state index contributed by atoms with van der Waals surface area (Å²) in [7, 11) is 2.15. The summed E-state index contributed by atoms with van der Waals surface area (Å²) in [5.74, 6) is 2.95. The Hall–Kier alpha value is -2.77. The van der Waals surface area contributed by atoms with E-state index in [0.717, 1.165) is 49.0 Å². The van der Waals surface area contributed by atoms with E-state index in [1.165, 1.54) is 17.7 Å². The van der Waals surface area contributed by atoms with Crippen molar-refractivity contribution in [1.82, 2.24) is 29.8 Å². The Kier molecular flexibility index (Phi) is 3.79. The lowest BCUT2D eigenvalue weighted by atomic mass is 9.96. The van der Waals surface area contributed by atoms with Crippen molar-refractivity contribution in [2.24, 2.45) is 0 Å². The molecule has 1 aliphatic carbocycles. The molecule has 3 aromatic heterocycles. The van der Waals surface area contributed by atoms with Gasteiger partial charge in [0, 0.05) is 36.8 Å². The number of aromatic nitrogens is 6. The molecule has 8 nitrogen and oxygen atoms in total. The highest BCUT2D eigenvalue weighted by atomic mass is 15.4. The summed E-state index contributed by atoms with van der Waals surface area (Å²) in [6, 6.07) is 4.47. The van der Waals surface area contributed by atoms with Crippen molar-refractivity contribution in [3.63, 3.8) is 0 Å². The van der Waals surface area contributed by atoms with Gasteiger partial charge < -0.3 is 9.80 Å². The van der Waals surface area contributed by atoms with E-state index >= 15 is 0 Å². The molecule has 28 heavy (non-hydrogen) atoms. The lowest BCUT2D eigenvalue weighted by Gasteiger charge is -2.45. The van der Waals surface area contributed by atoms with Gasteiger partial charge in [-0.2, -0.15) is 4.52 Å². The number of anilines is 2. The Morgan fingerprint density at radius 2 is 1.89 bits per heavy atom. The fraction of sp³-hybridized carbons (Fsp3) is 0.550.